The van der Waals surface area contributed by atoms with E-state index in [1.165, 1.54) is 5.56 Å². The predicted molar refractivity (Wildman–Crippen MR) is 74.5 cm³/mol. The highest BCUT2D eigenvalue weighted by atomic mass is 16.5. The van der Waals surface area contributed by atoms with E-state index in [4.69, 9.17) is 4.74 Å². The Morgan fingerprint density at radius 3 is 2.84 bits per heavy atom. The normalized spacial score (nSPS) is 16.8. The number of rotatable bonds is 2. The fraction of sp³-hybridized carbons (Fsp3) is 0.235. The minimum atomic E-state index is -0.222. The molecule has 19 heavy (non-hydrogen) atoms. The molecule has 2 nitrogen and oxygen atoms in total. The Bertz CT molecular complexity index is 616. The predicted octanol–water partition coefficient (Wildman–Crippen LogP) is 3.47. The van der Waals surface area contributed by atoms with E-state index in [1.54, 1.807) is 0 Å². The summed E-state index contributed by atoms with van der Waals surface area (Å²) in [6.07, 6.45) is 1.98. The summed E-state index contributed by atoms with van der Waals surface area (Å²) in [7, 11) is 0. The van der Waals surface area contributed by atoms with Crippen LogP contribution in [-0.2, 0) is 17.8 Å². The second kappa shape index (κ2) is 4.88. The van der Waals surface area contributed by atoms with E-state index < -0.39 is 0 Å². The van der Waals surface area contributed by atoms with Crippen LogP contribution >= 0.6 is 0 Å². The van der Waals surface area contributed by atoms with Gasteiger partial charge < -0.3 is 9.53 Å². The fourth-order valence-corrected chi connectivity index (χ4v) is 2.63. The quantitative estimate of drug-likeness (QED) is 0.765. The maximum absolute atomic E-state index is 11.6. The second-order valence-electron chi connectivity index (χ2n) is 4.83. The third-order valence-electron chi connectivity index (χ3n) is 3.73. The molecular formula is C17H16O2. The van der Waals surface area contributed by atoms with Crippen molar-refractivity contribution in [3.63, 3.8) is 0 Å². The maximum atomic E-state index is 11.6. The lowest BCUT2D eigenvalue weighted by Crippen LogP contribution is -2.04. The van der Waals surface area contributed by atoms with Crippen LogP contribution < -0.4 is 4.74 Å². The van der Waals surface area contributed by atoms with Gasteiger partial charge >= 0.3 is 0 Å². The third kappa shape index (κ3) is 2.03. The Morgan fingerprint density at radius 2 is 2.05 bits per heavy atom. The van der Waals surface area contributed by atoms with E-state index in [9.17, 15) is 4.79 Å². The van der Waals surface area contributed by atoms with E-state index in [2.05, 4.69) is 19.1 Å². The van der Waals surface area contributed by atoms with Crippen molar-refractivity contribution in [2.24, 2.45) is 0 Å². The minimum Gasteiger partial charge on any atom is -0.489 e. The van der Waals surface area contributed by atoms with Gasteiger partial charge in [0.15, 0.2) is 0 Å². The molecule has 0 aliphatic carbocycles. The van der Waals surface area contributed by atoms with E-state index in [0.717, 1.165) is 35.1 Å². The molecule has 1 aliphatic rings. The van der Waals surface area contributed by atoms with Gasteiger partial charge in [0, 0.05) is 5.56 Å². The van der Waals surface area contributed by atoms with Crippen molar-refractivity contribution in [1.82, 2.24) is 0 Å². The highest BCUT2D eigenvalue weighted by molar-refractivity contribution is 5.72. The highest BCUT2D eigenvalue weighted by Crippen LogP contribution is 2.36. The lowest BCUT2D eigenvalue weighted by Gasteiger charge is -2.13. The molecule has 0 radical (unpaired) electrons. The highest BCUT2D eigenvalue weighted by Gasteiger charge is 2.24. The number of benzene rings is 2. The van der Waals surface area contributed by atoms with Crippen molar-refractivity contribution in [3.05, 3.63) is 64.7 Å². The average Bonchev–Trinajstić information content (AvgIpc) is 2.62. The molecular weight excluding hydrogens is 236 g/mol. The first kappa shape index (κ1) is 12.0. The molecule has 0 unspecified atom stereocenters. The van der Waals surface area contributed by atoms with Crippen molar-refractivity contribution in [3.8, 4) is 5.75 Å². The smallest absolute Gasteiger partial charge is 0.132 e. The molecule has 0 aromatic heterocycles. The van der Waals surface area contributed by atoms with Crippen LogP contribution in [0.2, 0.25) is 0 Å². The third-order valence-corrected chi connectivity index (χ3v) is 3.73. The zero-order valence-corrected chi connectivity index (χ0v) is 10.9. The number of carbonyl (C=O) groups is 1. The number of hydrogen-bond acceptors (Lipinski definition) is 2. The van der Waals surface area contributed by atoms with E-state index in [-0.39, 0.29) is 5.92 Å². The molecule has 2 aromatic carbocycles. The van der Waals surface area contributed by atoms with Crippen molar-refractivity contribution in [1.29, 1.82) is 0 Å². The van der Waals surface area contributed by atoms with Crippen LogP contribution in [0, 0.1) is 0 Å². The molecule has 96 valence electrons. The summed E-state index contributed by atoms with van der Waals surface area (Å²) in [5, 5.41) is 0. The van der Waals surface area contributed by atoms with Crippen molar-refractivity contribution >= 4 is 6.29 Å². The van der Waals surface area contributed by atoms with Gasteiger partial charge in [-0.2, -0.15) is 0 Å². The molecule has 3 rings (SSSR count). The molecule has 0 bridgehead atoms. The Hall–Kier alpha value is -2.09. The topological polar surface area (TPSA) is 26.3 Å². The summed E-state index contributed by atoms with van der Waals surface area (Å²) < 4.78 is 5.85. The van der Waals surface area contributed by atoms with Gasteiger partial charge in [-0.25, -0.2) is 0 Å². The van der Waals surface area contributed by atoms with Crippen LogP contribution in [0.4, 0.5) is 0 Å². The lowest BCUT2D eigenvalue weighted by atomic mass is 9.88. The molecule has 1 aliphatic heterocycles. The van der Waals surface area contributed by atoms with Gasteiger partial charge in [-0.05, 0) is 29.2 Å². The van der Waals surface area contributed by atoms with Gasteiger partial charge in [-0.1, -0.05) is 43.3 Å². The number of ether oxygens (including phenoxy) is 1. The SMILES string of the molecule is CCc1ccc2c(c1)[C@H](C=O)c1ccccc1CO2. The van der Waals surface area contributed by atoms with Crippen molar-refractivity contribution in [2.75, 3.05) is 0 Å². The molecule has 0 amide bonds. The van der Waals surface area contributed by atoms with Crippen LogP contribution in [0.15, 0.2) is 42.5 Å². The largest absolute Gasteiger partial charge is 0.489 e. The molecule has 0 saturated carbocycles. The summed E-state index contributed by atoms with van der Waals surface area (Å²) in [6, 6.07) is 14.1. The lowest BCUT2D eigenvalue weighted by molar-refractivity contribution is -0.108. The molecule has 0 fully saturated rings. The van der Waals surface area contributed by atoms with Crippen molar-refractivity contribution < 1.29 is 9.53 Å². The van der Waals surface area contributed by atoms with Gasteiger partial charge in [0.1, 0.15) is 18.6 Å². The molecule has 0 spiro atoms. The zero-order chi connectivity index (χ0) is 13.2. The second-order valence-corrected chi connectivity index (χ2v) is 4.83. The monoisotopic (exact) mass is 252 g/mol. The van der Waals surface area contributed by atoms with E-state index in [1.807, 2.05) is 30.3 Å². The summed E-state index contributed by atoms with van der Waals surface area (Å²) >= 11 is 0. The summed E-state index contributed by atoms with van der Waals surface area (Å²) in [4.78, 5) is 11.6. The van der Waals surface area contributed by atoms with Crippen LogP contribution in [0.5, 0.6) is 5.75 Å². The number of fused-ring (bicyclic) bond motifs is 2. The molecule has 2 aromatic rings. The van der Waals surface area contributed by atoms with Crippen LogP contribution in [0.25, 0.3) is 0 Å². The van der Waals surface area contributed by atoms with Crippen molar-refractivity contribution in [2.45, 2.75) is 25.9 Å². The van der Waals surface area contributed by atoms with E-state index >= 15 is 0 Å². The van der Waals surface area contributed by atoms with Crippen LogP contribution in [0.3, 0.4) is 0 Å². The number of aldehydes is 1. The molecule has 0 saturated heterocycles. The first-order chi connectivity index (χ1) is 9.33. The Balaban J connectivity index is 2.19. The molecule has 1 heterocycles. The first-order valence-electron chi connectivity index (χ1n) is 6.62. The van der Waals surface area contributed by atoms with Gasteiger partial charge in [0.05, 0.1) is 5.92 Å². The molecule has 2 heteroatoms. The van der Waals surface area contributed by atoms with Gasteiger partial charge in [-0.3, -0.25) is 0 Å². The molecule has 0 N–H and O–H groups in total. The first-order valence-corrected chi connectivity index (χ1v) is 6.62. The number of aryl methyl sites for hydroxylation is 1. The summed E-state index contributed by atoms with van der Waals surface area (Å²) in [5.74, 6) is 0.602. The van der Waals surface area contributed by atoms with Crippen LogP contribution in [0.1, 0.15) is 35.1 Å². The van der Waals surface area contributed by atoms with Crippen LogP contribution in [-0.4, -0.2) is 6.29 Å². The Kier molecular flexibility index (Phi) is 3.08. The fourth-order valence-electron chi connectivity index (χ4n) is 2.63. The van der Waals surface area contributed by atoms with Gasteiger partial charge in [-0.15, -0.1) is 0 Å². The number of carbonyl (C=O) groups excluding carboxylic acids is 1. The summed E-state index contributed by atoms with van der Waals surface area (Å²) in [6.45, 7) is 2.64. The van der Waals surface area contributed by atoms with Gasteiger partial charge in [0.2, 0.25) is 0 Å². The Labute approximate surface area is 113 Å². The Morgan fingerprint density at radius 1 is 1.21 bits per heavy atom. The number of hydrogen-bond donors (Lipinski definition) is 0. The standard InChI is InChI=1S/C17H16O2/c1-2-12-7-8-17-15(9-12)16(10-18)14-6-4-3-5-13(14)11-19-17/h3-10,16H,2,11H2,1H3/t16-/m1/s1. The zero-order valence-electron chi connectivity index (χ0n) is 10.9. The minimum absolute atomic E-state index is 0.222. The summed E-state index contributed by atoms with van der Waals surface area (Å²) in [5.41, 5.74) is 4.37. The van der Waals surface area contributed by atoms with E-state index in [0.29, 0.717) is 6.61 Å². The maximum Gasteiger partial charge on any atom is 0.132 e. The molecule has 1 atom stereocenters. The van der Waals surface area contributed by atoms with Gasteiger partial charge in [0.25, 0.3) is 0 Å². The average molecular weight is 252 g/mol.